The minimum absolute atomic E-state index is 0.179. The average molecular weight is 274 g/mol. The van der Waals surface area contributed by atoms with Crippen LogP contribution in [0.15, 0.2) is 18.2 Å². The Morgan fingerprint density at radius 3 is 2.75 bits per heavy atom. The third-order valence-corrected chi connectivity index (χ3v) is 4.26. The van der Waals surface area contributed by atoms with Crippen molar-refractivity contribution in [3.8, 4) is 0 Å². The number of nitrogens with zero attached hydrogens (tertiary/aromatic N) is 1. The number of hydrogen-bond donors (Lipinski definition) is 1. The lowest BCUT2D eigenvalue weighted by Gasteiger charge is -2.29. The SMILES string of the molecule is CCNc1cc(C)ccc1C(=O)N1C(C)CCC1CC. The highest BCUT2D eigenvalue weighted by molar-refractivity contribution is 6.00. The number of carbonyl (C=O) groups is 1. The summed E-state index contributed by atoms with van der Waals surface area (Å²) in [6.07, 6.45) is 3.29. The van der Waals surface area contributed by atoms with Crippen molar-refractivity contribution in [1.82, 2.24) is 4.90 Å². The normalized spacial score (nSPS) is 22.1. The van der Waals surface area contributed by atoms with Crippen molar-refractivity contribution in [2.45, 2.75) is 59.0 Å². The fourth-order valence-corrected chi connectivity index (χ4v) is 3.16. The third-order valence-electron chi connectivity index (χ3n) is 4.26. The van der Waals surface area contributed by atoms with E-state index in [9.17, 15) is 4.79 Å². The van der Waals surface area contributed by atoms with Gasteiger partial charge in [-0.3, -0.25) is 4.79 Å². The molecule has 2 atom stereocenters. The van der Waals surface area contributed by atoms with Crippen molar-refractivity contribution in [3.05, 3.63) is 29.3 Å². The molecule has 1 aliphatic rings. The fourth-order valence-electron chi connectivity index (χ4n) is 3.16. The number of aryl methyl sites for hydroxylation is 1. The molecule has 1 amide bonds. The molecule has 1 aliphatic heterocycles. The van der Waals surface area contributed by atoms with Crippen LogP contribution in [0.3, 0.4) is 0 Å². The van der Waals surface area contributed by atoms with Crippen LogP contribution in [0.4, 0.5) is 5.69 Å². The van der Waals surface area contributed by atoms with Gasteiger partial charge >= 0.3 is 0 Å². The van der Waals surface area contributed by atoms with Gasteiger partial charge in [0.15, 0.2) is 0 Å². The van der Waals surface area contributed by atoms with E-state index in [0.29, 0.717) is 12.1 Å². The molecule has 20 heavy (non-hydrogen) atoms. The van der Waals surface area contributed by atoms with E-state index in [0.717, 1.165) is 37.1 Å². The first-order valence-corrected chi connectivity index (χ1v) is 7.75. The van der Waals surface area contributed by atoms with Crippen molar-refractivity contribution >= 4 is 11.6 Å². The number of anilines is 1. The van der Waals surface area contributed by atoms with Crippen LogP contribution < -0.4 is 5.32 Å². The molecule has 0 saturated carbocycles. The Morgan fingerprint density at radius 2 is 2.10 bits per heavy atom. The molecule has 2 unspecified atom stereocenters. The molecular weight excluding hydrogens is 248 g/mol. The summed E-state index contributed by atoms with van der Waals surface area (Å²) in [5.74, 6) is 0.179. The van der Waals surface area contributed by atoms with E-state index in [1.807, 2.05) is 12.1 Å². The van der Waals surface area contributed by atoms with Gasteiger partial charge in [-0.2, -0.15) is 0 Å². The lowest BCUT2D eigenvalue weighted by Crippen LogP contribution is -2.40. The maximum absolute atomic E-state index is 12.9. The molecule has 0 radical (unpaired) electrons. The second-order valence-electron chi connectivity index (χ2n) is 5.78. The van der Waals surface area contributed by atoms with E-state index >= 15 is 0 Å². The molecule has 1 aromatic rings. The lowest BCUT2D eigenvalue weighted by atomic mass is 10.1. The molecule has 1 saturated heterocycles. The molecular formula is C17H26N2O. The van der Waals surface area contributed by atoms with Crippen LogP contribution in [0.5, 0.6) is 0 Å². The van der Waals surface area contributed by atoms with Crippen molar-refractivity contribution in [2.75, 3.05) is 11.9 Å². The zero-order valence-electron chi connectivity index (χ0n) is 13.1. The van der Waals surface area contributed by atoms with Crippen LogP contribution in [-0.4, -0.2) is 29.4 Å². The van der Waals surface area contributed by atoms with E-state index in [4.69, 9.17) is 0 Å². The summed E-state index contributed by atoms with van der Waals surface area (Å²) in [6, 6.07) is 6.80. The van der Waals surface area contributed by atoms with Crippen LogP contribution in [0.2, 0.25) is 0 Å². The quantitative estimate of drug-likeness (QED) is 0.905. The van der Waals surface area contributed by atoms with Crippen molar-refractivity contribution in [3.63, 3.8) is 0 Å². The molecule has 1 aromatic carbocycles. The van der Waals surface area contributed by atoms with Gasteiger partial charge in [-0.1, -0.05) is 13.0 Å². The van der Waals surface area contributed by atoms with Crippen molar-refractivity contribution < 1.29 is 4.79 Å². The monoisotopic (exact) mass is 274 g/mol. The minimum atomic E-state index is 0.179. The number of nitrogens with one attached hydrogen (secondary N) is 1. The first-order valence-electron chi connectivity index (χ1n) is 7.75. The molecule has 1 N–H and O–H groups in total. The van der Waals surface area contributed by atoms with Gasteiger partial charge in [-0.25, -0.2) is 0 Å². The Morgan fingerprint density at radius 1 is 1.35 bits per heavy atom. The predicted octanol–water partition coefficient (Wildman–Crippen LogP) is 3.83. The summed E-state index contributed by atoms with van der Waals surface area (Å²) < 4.78 is 0. The summed E-state index contributed by atoms with van der Waals surface area (Å²) in [4.78, 5) is 15.0. The Balaban J connectivity index is 2.32. The maximum Gasteiger partial charge on any atom is 0.256 e. The Labute approximate surface area is 122 Å². The highest BCUT2D eigenvalue weighted by atomic mass is 16.2. The van der Waals surface area contributed by atoms with E-state index in [1.165, 1.54) is 5.56 Å². The lowest BCUT2D eigenvalue weighted by molar-refractivity contribution is 0.0677. The van der Waals surface area contributed by atoms with Crippen LogP contribution in [0.25, 0.3) is 0 Å². The van der Waals surface area contributed by atoms with Gasteiger partial charge in [-0.15, -0.1) is 0 Å². The summed E-state index contributed by atoms with van der Waals surface area (Å²) in [7, 11) is 0. The standard InChI is InChI=1S/C17H26N2O/c1-5-14-9-8-13(4)19(14)17(20)15-10-7-12(3)11-16(15)18-6-2/h7,10-11,13-14,18H,5-6,8-9H2,1-4H3. The summed E-state index contributed by atoms with van der Waals surface area (Å²) in [5.41, 5.74) is 2.95. The Kier molecular flexibility index (Phi) is 4.69. The smallest absolute Gasteiger partial charge is 0.256 e. The van der Waals surface area contributed by atoms with Crippen molar-refractivity contribution in [2.24, 2.45) is 0 Å². The van der Waals surface area contributed by atoms with E-state index in [-0.39, 0.29) is 5.91 Å². The van der Waals surface area contributed by atoms with E-state index in [2.05, 4.69) is 44.0 Å². The second kappa shape index (κ2) is 6.29. The van der Waals surface area contributed by atoms with Crippen LogP contribution in [-0.2, 0) is 0 Å². The Hall–Kier alpha value is -1.51. The molecule has 0 aliphatic carbocycles. The first-order chi connectivity index (χ1) is 9.58. The van der Waals surface area contributed by atoms with Gasteiger partial charge in [-0.05, 0) is 57.7 Å². The van der Waals surface area contributed by atoms with Gasteiger partial charge < -0.3 is 10.2 Å². The van der Waals surface area contributed by atoms with E-state index < -0.39 is 0 Å². The molecule has 0 spiro atoms. The maximum atomic E-state index is 12.9. The minimum Gasteiger partial charge on any atom is -0.385 e. The molecule has 1 heterocycles. The van der Waals surface area contributed by atoms with Gasteiger partial charge in [0, 0.05) is 24.3 Å². The molecule has 0 bridgehead atoms. The largest absolute Gasteiger partial charge is 0.385 e. The Bertz CT molecular complexity index is 484. The number of benzene rings is 1. The summed E-state index contributed by atoms with van der Waals surface area (Å²) in [5, 5.41) is 3.32. The fraction of sp³-hybridized carbons (Fsp3) is 0.588. The molecule has 3 heteroatoms. The van der Waals surface area contributed by atoms with Gasteiger partial charge in [0.25, 0.3) is 5.91 Å². The molecule has 0 aromatic heterocycles. The summed E-state index contributed by atoms with van der Waals surface area (Å²) in [6.45, 7) is 9.28. The number of hydrogen-bond acceptors (Lipinski definition) is 2. The molecule has 1 fully saturated rings. The van der Waals surface area contributed by atoms with Crippen LogP contribution in [0.1, 0.15) is 56.0 Å². The van der Waals surface area contributed by atoms with Crippen LogP contribution >= 0.6 is 0 Å². The van der Waals surface area contributed by atoms with Gasteiger partial charge in [0.1, 0.15) is 0 Å². The first kappa shape index (κ1) is 14.9. The molecule has 3 nitrogen and oxygen atoms in total. The predicted molar refractivity (Wildman–Crippen MR) is 84.3 cm³/mol. The number of amides is 1. The number of likely N-dealkylation sites (tertiary alicyclic amines) is 1. The van der Waals surface area contributed by atoms with Crippen LogP contribution in [0, 0.1) is 6.92 Å². The number of carbonyl (C=O) groups excluding carboxylic acids is 1. The highest BCUT2D eigenvalue weighted by Gasteiger charge is 2.34. The molecule has 110 valence electrons. The zero-order valence-corrected chi connectivity index (χ0v) is 13.1. The second-order valence-corrected chi connectivity index (χ2v) is 5.78. The average Bonchev–Trinajstić information content (AvgIpc) is 2.79. The topological polar surface area (TPSA) is 32.3 Å². The zero-order chi connectivity index (χ0) is 14.7. The third kappa shape index (κ3) is 2.82. The number of rotatable bonds is 4. The van der Waals surface area contributed by atoms with Crippen molar-refractivity contribution in [1.29, 1.82) is 0 Å². The summed E-state index contributed by atoms with van der Waals surface area (Å²) >= 11 is 0. The highest BCUT2D eigenvalue weighted by Crippen LogP contribution is 2.30. The molecule has 2 rings (SSSR count). The van der Waals surface area contributed by atoms with Gasteiger partial charge in [0.2, 0.25) is 0 Å². The van der Waals surface area contributed by atoms with Gasteiger partial charge in [0.05, 0.1) is 5.56 Å². The van der Waals surface area contributed by atoms with E-state index in [1.54, 1.807) is 0 Å².